The molecule has 0 spiro atoms. The minimum absolute atomic E-state index is 0.0353. The zero-order valence-corrected chi connectivity index (χ0v) is 21.4. The molecule has 3 aliphatic rings. The third-order valence-electron chi connectivity index (χ3n) is 7.36. The molecule has 1 aromatic carbocycles. The summed E-state index contributed by atoms with van der Waals surface area (Å²) >= 11 is 0. The fraction of sp³-hybridized carbons (Fsp3) is 0.458. The fourth-order valence-corrected chi connectivity index (χ4v) is 5.82. The highest BCUT2D eigenvalue weighted by molar-refractivity contribution is 6.24. The molecule has 206 valence electrons. The quantitative estimate of drug-likeness (QED) is 0.164. The SMILES string of the molecule is CN(C)c1cc([N+](=O)[O-])c(O)c2c1C[C@H]1C[C@H]3[C@H](N(C)C)C(=O)C(C(N)=O)=C(O)[C@@]3(O)C(=O)C1=C2O.CO. The highest BCUT2D eigenvalue weighted by Crippen LogP contribution is 2.54. The van der Waals surface area contributed by atoms with Crippen molar-refractivity contribution in [2.75, 3.05) is 40.2 Å². The summed E-state index contributed by atoms with van der Waals surface area (Å²) in [5, 5.41) is 62.8. The van der Waals surface area contributed by atoms with Crippen molar-refractivity contribution in [3.8, 4) is 5.75 Å². The van der Waals surface area contributed by atoms with Gasteiger partial charge in [0.15, 0.2) is 11.4 Å². The molecule has 14 heteroatoms. The smallest absolute Gasteiger partial charge is 0.313 e. The molecule has 4 atom stereocenters. The van der Waals surface area contributed by atoms with Gasteiger partial charge in [-0.25, -0.2) is 0 Å². The van der Waals surface area contributed by atoms with Crippen molar-refractivity contribution in [2.45, 2.75) is 24.5 Å². The van der Waals surface area contributed by atoms with E-state index in [1.54, 1.807) is 19.0 Å². The lowest BCUT2D eigenvalue weighted by Crippen LogP contribution is -2.65. The van der Waals surface area contributed by atoms with Crippen LogP contribution in [0.1, 0.15) is 17.5 Å². The topological polar surface area (TPSA) is 228 Å². The van der Waals surface area contributed by atoms with Crippen molar-refractivity contribution in [3.63, 3.8) is 0 Å². The second-order valence-corrected chi connectivity index (χ2v) is 9.73. The van der Waals surface area contributed by atoms with E-state index in [1.165, 1.54) is 19.0 Å². The van der Waals surface area contributed by atoms with Crippen LogP contribution in [0.3, 0.4) is 0 Å². The number of phenolic OH excluding ortho intramolecular Hbond substituents is 1. The Morgan fingerprint density at radius 3 is 2.21 bits per heavy atom. The molecule has 0 aliphatic heterocycles. The first-order valence-electron chi connectivity index (χ1n) is 11.5. The van der Waals surface area contributed by atoms with Crippen molar-refractivity contribution in [1.29, 1.82) is 0 Å². The molecule has 0 bridgehead atoms. The number of rotatable bonds is 4. The Labute approximate surface area is 217 Å². The number of benzene rings is 1. The molecule has 38 heavy (non-hydrogen) atoms. The molecule has 1 aromatic rings. The van der Waals surface area contributed by atoms with Crippen molar-refractivity contribution in [1.82, 2.24) is 4.90 Å². The molecule has 0 saturated heterocycles. The summed E-state index contributed by atoms with van der Waals surface area (Å²) in [5.41, 5.74) is 0.875. The first-order chi connectivity index (χ1) is 17.7. The maximum atomic E-state index is 13.8. The maximum Gasteiger partial charge on any atom is 0.313 e. The Hall–Kier alpha value is -4.01. The monoisotopic (exact) mass is 534 g/mol. The van der Waals surface area contributed by atoms with Gasteiger partial charge in [-0.2, -0.15) is 0 Å². The van der Waals surface area contributed by atoms with Gasteiger partial charge in [-0.05, 0) is 38.4 Å². The first-order valence-corrected chi connectivity index (χ1v) is 11.5. The van der Waals surface area contributed by atoms with E-state index in [1.807, 2.05) is 0 Å². The fourth-order valence-electron chi connectivity index (χ4n) is 5.82. The minimum atomic E-state index is -2.77. The number of nitrogens with zero attached hydrogens (tertiary/aromatic N) is 3. The van der Waals surface area contributed by atoms with Crippen LogP contribution in [0.2, 0.25) is 0 Å². The van der Waals surface area contributed by atoms with Crippen molar-refractivity contribution in [3.05, 3.63) is 44.2 Å². The van der Waals surface area contributed by atoms with Gasteiger partial charge in [-0.3, -0.25) is 29.4 Å². The largest absolute Gasteiger partial charge is 0.508 e. The molecule has 14 nitrogen and oxygen atoms in total. The number of nitro benzene ring substituents is 1. The number of aliphatic hydroxyl groups is 4. The average Bonchev–Trinajstić information content (AvgIpc) is 2.82. The number of hydrogen-bond donors (Lipinski definition) is 6. The van der Waals surface area contributed by atoms with Crippen LogP contribution in [0.4, 0.5) is 11.4 Å². The average molecular weight is 535 g/mol. The van der Waals surface area contributed by atoms with Crippen molar-refractivity contribution < 1.29 is 44.8 Å². The Morgan fingerprint density at radius 1 is 1.16 bits per heavy atom. The highest BCUT2D eigenvalue weighted by atomic mass is 16.6. The number of hydrogen-bond acceptors (Lipinski definition) is 12. The Bertz CT molecular complexity index is 1320. The Morgan fingerprint density at radius 2 is 1.74 bits per heavy atom. The lowest BCUT2D eigenvalue weighted by atomic mass is 9.57. The molecule has 4 rings (SSSR count). The second-order valence-electron chi connectivity index (χ2n) is 9.73. The number of Topliss-reactive ketones (excluding diaryl/α,β-unsaturated/α-hetero) is 2. The number of likely N-dealkylation sites (N-methyl/N-ethyl adjacent to an activating group) is 1. The minimum Gasteiger partial charge on any atom is -0.508 e. The molecule has 0 heterocycles. The number of aromatic hydroxyl groups is 1. The summed E-state index contributed by atoms with van der Waals surface area (Å²) in [6.45, 7) is 0. The van der Waals surface area contributed by atoms with Crippen LogP contribution in [0.25, 0.3) is 5.76 Å². The van der Waals surface area contributed by atoms with Crippen LogP contribution in [-0.2, 0) is 20.8 Å². The lowest BCUT2D eigenvalue weighted by Gasteiger charge is -2.50. The van der Waals surface area contributed by atoms with Gasteiger partial charge >= 0.3 is 5.69 Å². The van der Waals surface area contributed by atoms with Gasteiger partial charge in [0.1, 0.15) is 17.1 Å². The number of aliphatic hydroxyl groups excluding tert-OH is 3. The number of ketones is 2. The van der Waals surface area contributed by atoms with Gasteiger partial charge in [-0.15, -0.1) is 0 Å². The van der Waals surface area contributed by atoms with Crippen molar-refractivity contribution >= 4 is 34.6 Å². The van der Waals surface area contributed by atoms with Crippen LogP contribution in [0.15, 0.2) is 23.0 Å². The number of primary amides is 1. The Balaban J connectivity index is 0.00000195. The summed E-state index contributed by atoms with van der Waals surface area (Å²) in [6, 6.07) is -0.0329. The number of carbonyl (C=O) groups excluding carboxylic acids is 3. The molecular formula is C24H30N4O10. The van der Waals surface area contributed by atoms with E-state index < -0.39 is 74.4 Å². The second kappa shape index (κ2) is 9.70. The van der Waals surface area contributed by atoms with E-state index in [0.717, 1.165) is 13.2 Å². The van der Waals surface area contributed by atoms with Crippen LogP contribution < -0.4 is 10.6 Å². The van der Waals surface area contributed by atoms with Gasteiger partial charge in [0, 0.05) is 44.4 Å². The number of phenols is 1. The van der Waals surface area contributed by atoms with E-state index >= 15 is 0 Å². The number of anilines is 1. The predicted molar refractivity (Wildman–Crippen MR) is 133 cm³/mol. The highest BCUT2D eigenvalue weighted by Gasteiger charge is 2.64. The number of nitrogens with two attached hydrogens (primary N) is 1. The van der Waals surface area contributed by atoms with Crippen molar-refractivity contribution in [2.24, 2.45) is 17.6 Å². The summed E-state index contributed by atoms with van der Waals surface area (Å²) < 4.78 is 0. The van der Waals surface area contributed by atoms with Crippen LogP contribution in [0.5, 0.6) is 5.75 Å². The number of fused-ring (bicyclic) bond motifs is 3. The third kappa shape index (κ3) is 3.79. The molecule has 7 N–H and O–H groups in total. The molecule has 1 saturated carbocycles. The number of amides is 1. The van der Waals surface area contributed by atoms with E-state index in [0.29, 0.717) is 11.3 Å². The summed E-state index contributed by atoms with van der Waals surface area (Å²) in [5.74, 6) is -8.16. The zero-order chi connectivity index (χ0) is 29.0. The van der Waals surface area contributed by atoms with Gasteiger partial charge in [-0.1, -0.05) is 0 Å². The predicted octanol–water partition coefficient (Wildman–Crippen LogP) is -0.453. The summed E-state index contributed by atoms with van der Waals surface area (Å²) in [7, 11) is 7.25. The molecular weight excluding hydrogens is 504 g/mol. The summed E-state index contributed by atoms with van der Waals surface area (Å²) in [4.78, 5) is 52.5. The van der Waals surface area contributed by atoms with Crippen LogP contribution in [0, 0.1) is 22.0 Å². The zero-order valence-electron chi connectivity index (χ0n) is 21.4. The van der Waals surface area contributed by atoms with Crippen LogP contribution >= 0.6 is 0 Å². The van der Waals surface area contributed by atoms with Gasteiger partial charge in [0.05, 0.1) is 16.5 Å². The van der Waals surface area contributed by atoms with Gasteiger partial charge < -0.3 is 36.2 Å². The molecule has 1 fully saturated rings. The van der Waals surface area contributed by atoms with Gasteiger partial charge in [0.25, 0.3) is 5.91 Å². The molecule has 1 amide bonds. The van der Waals surface area contributed by atoms with E-state index in [-0.39, 0.29) is 24.0 Å². The van der Waals surface area contributed by atoms with Crippen LogP contribution in [-0.4, -0.2) is 99.8 Å². The standard InChI is InChI=1S/C23H26N4O9.CH4O/c1-25(2)11-7-12(27(35)36)17(28)14-9(11)5-8-6-10-16(26(3)4)19(30)15(22(24)33)21(32)23(10,34)20(31)13(8)18(14)29;1-2/h7-8,10,16,28-29,32,34H,5-6H2,1-4H3,(H2,24,33);2H,1H3/t8-,10-,16-,23-;/m0./s1. The molecule has 0 aromatic heterocycles. The molecule has 0 radical (unpaired) electrons. The van der Waals surface area contributed by atoms with E-state index in [4.69, 9.17) is 10.8 Å². The third-order valence-corrected chi connectivity index (χ3v) is 7.36. The van der Waals surface area contributed by atoms with E-state index in [9.17, 15) is 44.9 Å². The number of carbonyl (C=O) groups is 3. The molecule has 3 aliphatic carbocycles. The van der Waals surface area contributed by atoms with Gasteiger partial charge in [0.2, 0.25) is 11.5 Å². The Kier molecular flexibility index (Phi) is 7.29. The summed E-state index contributed by atoms with van der Waals surface area (Å²) in [6.07, 6.45) is -0.0377. The first kappa shape index (κ1) is 28.6. The normalized spacial score (nSPS) is 26.3. The lowest BCUT2D eigenvalue weighted by molar-refractivity contribution is -0.385. The maximum absolute atomic E-state index is 13.8. The van der Waals surface area contributed by atoms with E-state index in [2.05, 4.69) is 0 Å². The molecule has 0 unspecified atom stereocenters. The number of nitro groups is 1.